The van der Waals surface area contributed by atoms with Crippen LogP contribution in [0.5, 0.6) is 0 Å². The van der Waals surface area contributed by atoms with E-state index in [0.717, 1.165) is 37.7 Å². The largest absolute Gasteiger partial charge is 0.444 e. The molecule has 1 aliphatic rings. The molecule has 0 saturated carbocycles. The highest BCUT2D eigenvalue weighted by atomic mass is 16.6. The Balaban J connectivity index is 2.86. The SMILES string of the molecule is CCCCC(C)(CN(CC1=CCCC=C1)C(C)=O)NC(=O)OC(C)(C)C. The number of amides is 2. The first-order valence-electron chi connectivity index (χ1n) is 9.67. The Kier molecular flexibility index (Phi) is 8.38. The Morgan fingerprint density at radius 2 is 1.92 bits per heavy atom. The molecule has 1 aliphatic carbocycles. The van der Waals surface area contributed by atoms with Gasteiger partial charge in [-0.05, 0) is 52.5 Å². The van der Waals surface area contributed by atoms with Crippen LogP contribution in [0.1, 0.15) is 73.6 Å². The third-order valence-electron chi connectivity index (χ3n) is 4.32. The molecule has 1 atom stereocenters. The molecule has 1 rings (SSSR count). The number of ether oxygens (including phenoxy) is 1. The molecule has 0 aromatic carbocycles. The molecule has 26 heavy (non-hydrogen) atoms. The van der Waals surface area contributed by atoms with Gasteiger partial charge in [-0.2, -0.15) is 0 Å². The molecule has 0 aromatic rings. The van der Waals surface area contributed by atoms with Crippen molar-refractivity contribution in [2.24, 2.45) is 0 Å². The van der Waals surface area contributed by atoms with Crippen molar-refractivity contribution in [2.75, 3.05) is 13.1 Å². The highest BCUT2D eigenvalue weighted by Gasteiger charge is 2.31. The number of alkyl carbamates (subject to hydrolysis) is 1. The minimum absolute atomic E-state index is 0.0126. The van der Waals surface area contributed by atoms with Crippen LogP contribution in [0.15, 0.2) is 23.8 Å². The zero-order valence-corrected chi connectivity index (χ0v) is 17.4. The van der Waals surface area contributed by atoms with Crippen LogP contribution >= 0.6 is 0 Å². The van der Waals surface area contributed by atoms with E-state index in [2.05, 4.69) is 30.5 Å². The Labute approximate surface area is 158 Å². The van der Waals surface area contributed by atoms with Crippen molar-refractivity contribution in [1.29, 1.82) is 0 Å². The topological polar surface area (TPSA) is 58.6 Å². The van der Waals surface area contributed by atoms with Gasteiger partial charge >= 0.3 is 6.09 Å². The van der Waals surface area contributed by atoms with Crippen molar-refractivity contribution in [3.05, 3.63) is 23.8 Å². The Morgan fingerprint density at radius 1 is 1.23 bits per heavy atom. The van der Waals surface area contributed by atoms with Crippen LogP contribution in [0.2, 0.25) is 0 Å². The van der Waals surface area contributed by atoms with Gasteiger partial charge < -0.3 is 15.0 Å². The molecule has 148 valence electrons. The van der Waals surface area contributed by atoms with E-state index in [1.165, 1.54) is 0 Å². The zero-order chi connectivity index (χ0) is 19.8. The first-order chi connectivity index (χ1) is 12.0. The summed E-state index contributed by atoms with van der Waals surface area (Å²) in [6.07, 6.45) is 10.8. The van der Waals surface area contributed by atoms with Crippen LogP contribution in [0.25, 0.3) is 0 Å². The van der Waals surface area contributed by atoms with Crippen molar-refractivity contribution >= 4 is 12.0 Å². The summed E-state index contributed by atoms with van der Waals surface area (Å²) in [6.45, 7) is 12.3. The number of unbranched alkanes of at least 4 members (excludes halogenated alkanes) is 1. The van der Waals surface area contributed by atoms with Gasteiger partial charge in [-0.25, -0.2) is 4.79 Å². The fourth-order valence-electron chi connectivity index (χ4n) is 3.00. The maximum absolute atomic E-state index is 12.3. The molecule has 1 N–H and O–H groups in total. The quantitative estimate of drug-likeness (QED) is 0.685. The highest BCUT2D eigenvalue weighted by molar-refractivity contribution is 5.74. The van der Waals surface area contributed by atoms with Crippen molar-refractivity contribution in [3.63, 3.8) is 0 Å². The van der Waals surface area contributed by atoms with Crippen molar-refractivity contribution < 1.29 is 14.3 Å². The number of rotatable bonds is 8. The lowest BCUT2D eigenvalue weighted by molar-refractivity contribution is -0.129. The van der Waals surface area contributed by atoms with Gasteiger partial charge in [-0.3, -0.25) is 4.79 Å². The molecule has 5 heteroatoms. The van der Waals surface area contributed by atoms with Crippen molar-refractivity contribution in [2.45, 2.75) is 84.8 Å². The van der Waals surface area contributed by atoms with Gasteiger partial charge in [0, 0.05) is 20.0 Å². The number of hydrogen-bond acceptors (Lipinski definition) is 3. The fourth-order valence-corrected chi connectivity index (χ4v) is 3.00. The minimum atomic E-state index is -0.548. The van der Waals surface area contributed by atoms with Crippen LogP contribution in [-0.2, 0) is 9.53 Å². The average molecular weight is 365 g/mol. The second-order valence-electron chi connectivity index (χ2n) is 8.42. The van der Waals surface area contributed by atoms with E-state index < -0.39 is 17.2 Å². The molecular formula is C21H36N2O3. The molecule has 1 unspecified atom stereocenters. The molecule has 0 radical (unpaired) electrons. The molecule has 5 nitrogen and oxygen atoms in total. The van der Waals surface area contributed by atoms with Gasteiger partial charge in [0.25, 0.3) is 0 Å². The van der Waals surface area contributed by atoms with Crippen molar-refractivity contribution in [1.82, 2.24) is 10.2 Å². The van der Waals surface area contributed by atoms with Crippen LogP contribution < -0.4 is 5.32 Å². The molecule has 0 bridgehead atoms. The van der Waals surface area contributed by atoms with Crippen LogP contribution in [0, 0.1) is 0 Å². The molecule has 0 spiro atoms. The summed E-state index contributed by atoms with van der Waals surface area (Å²) in [7, 11) is 0. The number of hydrogen-bond donors (Lipinski definition) is 1. The molecule has 0 fully saturated rings. The lowest BCUT2D eigenvalue weighted by Gasteiger charge is -2.37. The summed E-state index contributed by atoms with van der Waals surface area (Å²) in [5.41, 5.74) is 0.0815. The number of carbonyl (C=O) groups excluding carboxylic acids is 2. The second-order valence-corrected chi connectivity index (χ2v) is 8.42. The summed E-state index contributed by atoms with van der Waals surface area (Å²) in [5.74, 6) is 0.0126. The lowest BCUT2D eigenvalue weighted by atomic mass is 9.93. The number of allylic oxidation sites excluding steroid dienone is 2. The van der Waals surface area contributed by atoms with Gasteiger partial charge in [0.2, 0.25) is 5.91 Å². The third kappa shape index (κ3) is 8.54. The van der Waals surface area contributed by atoms with Crippen LogP contribution in [0.4, 0.5) is 4.79 Å². The Bertz CT molecular complexity index is 546. The normalized spacial score (nSPS) is 16.5. The van der Waals surface area contributed by atoms with Gasteiger partial charge in [0.05, 0.1) is 5.54 Å². The van der Waals surface area contributed by atoms with Gasteiger partial charge in [-0.15, -0.1) is 0 Å². The molecule has 0 heterocycles. The van der Waals surface area contributed by atoms with E-state index in [1.807, 2.05) is 32.6 Å². The summed E-state index contributed by atoms with van der Waals surface area (Å²) in [4.78, 5) is 26.3. The molecule has 2 amide bonds. The van der Waals surface area contributed by atoms with E-state index in [1.54, 1.807) is 6.92 Å². The van der Waals surface area contributed by atoms with E-state index in [4.69, 9.17) is 4.74 Å². The summed E-state index contributed by atoms with van der Waals surface area (Å²) in [6, 6.07) is 0. The van der Waals surface area contributed by atoms with E-state index in [9.17, 15) is 9.59 Å². The van der Waals surface area contributed by atoms with E-state index in [-0.39, 0.29) is 5.91 Å². The predicted octanol–water partition coefficient (Wildman–Crippen LogP) is 4.58. The van der Waals surface area contributed by atoms with E-state index >= 15 is 0 Å². The van der Waals surface area contributed by atoms with Crippen molar-refractivity contribution in [3.8, 4) is 0 Å². The average Bonchev–Trinajstić information content (AvgIpc) is 2.51. The number of nitrogens with one attached hydrogen (secondary N) is 1. The molecular weight excluding hydrogens is 328 g/mol. The summed E-state index contributed by atoms with van der Waals surface area (Å²) >= 11 is 0. The van der Waals surface area contributed by atoms with Crippen LogP contribution in [0.3, 0.4) is 0 Å². The number of nitrogens with zero attached hydrogens (tertiary/aromatic N) is 1. The smallest absolute Gasteiger partial charge is 0.408 e. The number of carbonyl (C=O) groups is 2. The maximum Gasteiger partial charge on any atom is 0.408 e. The first-order valence-corrected chi connectivity index (χ1v) is 9.67. The Morgan fingerprint density at radius 3 is 2.42 bits per heavy atom. The summed E-state index contributed by atoms with van der Waals surface area (Å²) < 4.78 is 5.43. The standard InChI is InChI=1S/C21H36N2O3/c1-7-8-14-21(6,22-19(25)26-20(3,4)5)16-23(17(2)24)15-18-12-10-9-11-13-18/h10,12-13H,7-9,11,14-16H2,1-6H3,(H,22,25). The van der Waals surface area contributed by atoms with Gasteiger partial charge in [0.15, 0.2) is 0 Å². The van der Waals surface area contributed by atoms with Gasteiger partial charge in [0.1, 0.15) is 5.60 Å². The minimum Gasteiger partial charge on any atom is -0.444 e. The lowest BCUT2D eigenvalue weighted by Crippen LogP contribution is -2.55. The maximum atomic E-state index is 12.3. The third-order valence-corrected chi connectivity index (χ3v) is 4.32. The monoisotopic (exact) mass is 364 g/mol. The summed E-state index contributed by atoms with van der Waals surface area (Å²) in [5, 5.41) is 3.01. The zero-order valence-electron chi connectivity index (χ0n) is 17.4. The van der Waals surface area contributed by atoms with Gasteiger partial charge in [-0.1, -0.05) is 38.0 Å². The molecule has 0 saturated heterocycles. The predicted molar refractivity (Wildman–Crippen MR) is 106 cm³/mol. The molecule has 0 aliphatic heterocycles. The highest BCUT2D eigenvalue weighted by Crippen LogP contribution is 2.20. The van der Waals surface area contributed by atoms with Crippen LogP contribution in [-0.4, -0.2) is 41.1 Å². The molecule has 0 aromatic heterocycles. The fraction of sp³-hybridized carbons (Fsp3) is 0.714. The Hall–Kier alpha value is -1.78. The first kappa shape index (κ1) is 22.3. The second kappa shape index (κ2) is 9.79. The van der Waals surface area contributed by atoms with E-state index in [0.29, 0.717) is 13.1 Å².